The lowest BCUT2D eigenvalue weighted by Gasteiger charge is -2.19. The molecule has 0 spiro atoms. The van der Waals surface area contributed by atoms with E-state index in [4.69, 9.17) is 9.47 Å². The van der Waals surface area contributed by atoms with Crippen molar-refractivity contribution in [3.63, 3.8) is 0 Å². The molecular formula is C18H27NO4. The van der Waals surface area contributed by atoms with E-state index in [1.807, 2.05) is 45.9 Å². The summed E-state index contributed by atoms with van der Waals surface area (Å²) in [4.78, 5) is 23.6. The van der Waals surface area contributed by atoms with Crippen molar-refractivity contribution in [3.05, 3.63) is 29.3 Å². The standard InChI is InChI=1S/C18H27NO4/c1-11(2)14-8-7-9-15(12(3)4)17(14)23-16(20)10-22-18(21)13(5)19-6/h7-9,11-13,19H,10H2,1-6H3/t13-/m1/s1. The maximum atomic E-state index is 12.1. The Morgan fingerprint density at radius 2 is 1.57 bits per heavy atom. The van der Waals surface area contributed by atoms with Gasteiger partial charge in [-0.05, 0) is 36.9 Å². The average Bonchev–Trinajstić information content (AvgIpc) is 2.51. The Balaban J connectivity index is 2.87. The molecule has 1 N–H and O–H groups in total. The van der Waals surface area contributed by atoms with Gasteiger partial charge in [0, 0.05) is 0 Å². The highest BCUT2D eigenvalue weighted by Crippen LogP contribution is 2.34. The summed E-state index contributed by atoms with van der Waals surface area (Å²) >= 11 is 0. The molecule has 0 radical (unpaired) electrons. The molecule has 0 aliphatic carbocycles. The molecule has 1 aromatic rings. The maximum Gasteiger partial charge on any atom is 0.349 e. The lowest BCUT2D eigenvalue weighted by molar-refractivity contribution is -0.154. The number of rotatable bonds is 7. The van der Waals surface area contributed by atoms with Crippen molar-refractivity contribution in [1.29, 1.82) is 0 Å². The fraction of sp³-hybridized carbons (Fsp3) is 0.556. The molecule has 0 heterocycles. The Labute approximate surface area is 138 Å². The van der Waals surface area contributed by atoms with Gasteiger partial charge in [0.1, 0.15) is 11.8 Å². The summed E-state index contributed by atoms with van der Waals surface area (Å²) in [6.07, 6.45) is 0. The molecule has 0 saturated heterocycles. The molecule has 0 amide bonds. The molecule has 5 heteroatoms. The summed E-state index contributed by atoms with van der Waals surface area (Å²) in [7, 11) is 1.65. The van der Waals surface area contributed by atoms with Crippen LogP contribution in [0.2, 0.25) is 0 Å². The third kappa shape index (κ3) is 5.36. The molecule has 5 nitrogen and oxygen atoms in total. The summed E-state index contributed by atoms with van der Waals surface area (Å²) in [6.45, 7) is 9.46. The molecule has 23 heavy (non-hydrogen) atoms. The smallest absolute Gasteiger partial charge is 0.349 e. The summed E-state index contributed by atoms with van der Waals surface area (Å²) in [5.74, 6) is -0.0192. The fourth-order valence-corrected chi connectivity index (χ4v) is 2.12. The van der Waals surface area contributed by atoms with Crippen molar-refractivity contribution in [2.24, 2.45) is 0 Å². The van der Waals surface area contributed by atoms with E-state index in [1.165, 1.54) is 0 Å². The monoisotopic (exact) mass is 321 g/mol. The number of nitrogens with one attached hydrogen (secondary N) is 1. The van der Waals surface area contributed by atoms with Crippen LogP contribution in [0.3, 0.4) is 0 Å². The number of esters is 2. The third-order valence-electron chi connectivity index (χ3n) is 3.65. The number of hydrogen-bond acceptors (Lipinski definition) is 5. The topological polar surface area (TPSA) is 64.6 Å². The molecule has 0 bridgehead atoms. The van der Waals surface area contributed by atoms with Crippen LogP contribution in [0, 0.1) is 0 Å². The summed E-state index contributed by atoms with van der Waals surface area (Å²) in [5.41, 5.74) is 1.94. The molecule has 0 unspecified atom stereocenters. The van der Waals surface area contributed by atoms with Crippen LogP contribution in [0.25, 0.3) is 0 Å². The van der Waals surface area contributed by atoms with Crippen LogP contribution in [0.15, 0.2) is 18.2 Å². The number of hydrogen-bond donors (Lipinski definition) is 1. The minimum Gasteiger partial charge on any atom is -0.452 e. The normalized spacial score (nSPS) is 12.3. The van der Waals surface area contributed by atoms with E-state index in [-0.39, 0.29) is 11.8 Å². The Morgan fingerprint density at radius 1 is 1.04 bits per heavy atom. The first-order chi connectivity index (χ1) is 10.8. The quantitative estimate of drug-likeness (QED) is 0.618. The van der Waals surface area contributed by atoms with Gasteiger partial charge in [0.05, 0.1) is 0 Å². The van der Waals surface area contributed by atoms with Gasteiger partial charge in [0.25, 0.3) is 0 Å². The highest BCUT2D eigenvalue weighted by molar-refractivity contribution is 5.80. The molecule has 0 fully saturated rings. The average molecular weight is 321 g/mol. The van der Waals surface area contributed by atoms with Gasteiger partial charge in [-0.15, -0.1) is 0 Å². The van der Waals surface area contributed by atoms with Crippen LogP contribution in [-0.2, 0) is 14.3 Å². The minimum atomic E-state index is -0.573. The van der Waals surface area contributed by atoms with E-state index in [0.717, 1.165) is 11.1 Å². The van der Waals surface area contributed by atoms with Crippen LogP contribution in [0.1, 0.15) is 57.6 Å². The maximum absolute atomic E-state index is 12.1. The van der Waals surface area contributed by atoms with Gasteiger partial charge in [-0.25, -0.2) is 4.79 Å². The Kier molecular flexibility index (Phi) is 7.23. The Morgan fingerprint density at radius 3 is 2.00 bits per heavy atom. The number of carbonyl (C=O) groups excluding carboxylic acids is 2. The number of benzene rings is 1. The van der Waals surface area contributed by atoms with Crippen molar-refractivity contribution >= 4 is 11.9 Å². The highest BCUT2D eigenvalue weighted by Gasteiger charge is 2.20. The van der Waals surface area contributed by atoms with E-state index in [2.05, 4.69) is 5.32 Å². The number of para-hydroxylation sites is 1. The largest absolute Gasteiger partial charge is 0.452 e. The van der Waals surface area contributed by atoms with E-state index in [9.17, 15) is 9.59 Å². The van der Waals surface area contributed by atoms with Crippen molar-refractivity contribution in [2.75, 3.05) is 13.7 Å². The second-order valence-electron chi connectivity index (χ2n) is 6.17. The molecule has 0 aliphatic heterocycles. The van der Waals surface area contributed by atoms with Gasteiger partial charge >= 0.3 is 11.9 Å². The van der Waals surface area contributed by atoms with Crippen LogP contribution in [0.5, 0.6) is 5.75 Å². The van der Waals surface area contributed by atoms with Gasteiger partial charge < -0.3 is 14.8 Å². The first kappa shape index (κ1) is 19.2. The zero-order valence-electron chi connectivity index (χ0n) is 14.8. The second-order valence-corrected chi connectivity index (χ2v) is 6.17. The predicted molar refractivity (Wildman–Crippen MR) is 89.7 cm³/mol. The van der Waals surface area contributed by atoms with E-state index >= 15 is 0 Å². The lowest BCUT2D eigenvalue weighted by atomic mass is 9.94. The minimum absolute atomic E-state index is 0.225. The van der Waals surface area contributed by atoms with E-state index in [0.29, 0.717) is 5.75 Å². The van der Waals surface area contributed by atoms with Gasteiger partial charge in [-0.3, -0.25) is 4.79 Å². The first-order valence-corrected chi connectivity index (χ1v) is 7.95. The van der Waals surface area contributed by atoms with Crippen LogP contribution >= 0.6 is 0 Å². The predicted octanol–water partition coefficient (Wildman–Crippen LogP) is 2.99. The summed E-state index contributed by atoms with van der Waals surface area (Å²) in [6, 6.07) is 5.41. The van der Waals surface area contributed by atoms with E-state index in [1.54, 1.807) is 14.0 Å². The Hall–Kier alpha value is -1.88. The molecule has 1 atom stereocenters. The summed E-state index contributed by atoms with van der Waals surface area (Å²) < 4.78 is 10.5. The van der Waals surface area contributed by atoms with Crippen molar-refractivity contribution < 1.29 is 19.1 Å². The molecule has 0 aliphatic rings. The van der Waals surface area contributed by atoms with Gasteiger partial charge in [-0.2, -0.15) is 0 Å². The molecule has 1 aromatic carbocycles. The van der Waals surface area contributed by atoms with Gasteiger partial charge in [0.15, 0.2) is 6.61 Å². The summed E-state index contributed by atoms with van der Waals surface area (Å²) in [5, 5.41) is 2.76. The van der Waals surface area contributed by atoms with Gasteiger partial charge in [0.2, 0.25) is 0 Å². The van der Waals surface area contributed by atoms with Gasteiger partial charge in [-0.1, -0.05) is 45.9 Å². The number of likely N-dealkylation sites (N-methyl/N-ethyl adjacent to an activating group) is 1. The third-order valence-corrected chi connectivity index (χ3v) is 3.65. The fourth-order valence-electron chi connectivity index (χ4n) is 2.12. The number of carbonyl (C=O) groups is 2. The van der Waals surface area contributed by atoms with E-state index < -0.39 is 24.6 Å². The van der Waals surface area contributed by atoms with Crippen molar-refractivity contribution in [2.45, 2.75) is 52.5 Å². The lowest BCUT2D eigenvalue weighted by Crippen LogP contribution is -2.34. The van der Waals surface area contributed by atoms with Crippen LogP contribution in [0.4, 0.5) is 0 Å². The molecular weight excluding hydrogens is 294 g/mol. The SMILES string of the molecule is CN[C@H](C)C(=O)OCC(=O)Oc1c(C(C)C)cccc1C(C)C. The zero-order chi connectivity index (χ0) is 17.6. The molecule has 128 valence electrons. The van der Waals surface area contributed by atoms with Crippen molar-refractivity contribution in [1.82, 2.24) is 5.32 Å². The second kappa shape index (κ2) is 8.67. The first-order valence-electron chi connectivity index (χ1n) is 7.95. The molecule has 1 rings (SSSR count). The zero-order valence-corrected chi connectivity index (χ0v) is 14.8. The Bertz CT molecular complexity index is 526. The number of ether oxygens (including phenoxy) is 2. The van der Waals surface area contributed by atoms with Crippen LogP contribution in [-0.4, -0.2) is 31.6 Å². The highest BCUT2D eigenvalue weighted by atomic mass is 16.6. The molecule has 0 aromatic heterocycles. The van der Waals surface area contributed by atoms with Crippen LogP contribution < -0.4 is 10.1 Å². The molecule has 0 saturated carbocycles. The van der Waals surface area contributed by atoms with Crippen molar-refractivity contribution in [3.8, 4) is 5.75 Å².